The van der Waals surface area contributed by atoms with Gasteiger partial charge in [-0.25, -0.2) is 18.4 Å². The molecule has 18 heavy (non-hydrogen) atoms. The number of benzene rings is 1. The Balaban J connectivity index is 2.55. The van der Waals surface area contributed by atoms with Gasteiger partial charge in [-0.15, -0.1) is 0 Å². The van der Waals surface area contributed by atoms with Crippen LogP contribution in [-0.2, 0) is 15.1 Å². The number of hydrogen-bond donors (Lipinski definition) is 0. The lowest BCUT2D eigenvalue weighted by atomic mass is 10.0. The van der Waals surface area contributed by atoms with Crippen LogP contribution in [0.4, 0.5) is 8.78 Å². The number of aliphatic imine (C=N–C) groups is 1. The van der Waals surface area contributed by atoms with Crippen molar-refractivity contribution in [2.75, 3.05) is 7.11 Å². The van der Waals surface area contributed by atoms with Gasteiger partial charge < -0.3 is 4.74 Å². The molecule has 0 heterocycles. The van der Waals surface area contributed by atoms with Gasteiger partial charge in [-0.05, 0) is 30.5 Å². The second kappa shape index (κ2) is 4.31. The van der Waals surface area contributed by atoms with Gasteiger partial charge in [0, 0.05) is 0 Å². The zero-order valence-electron chi connectivity index (χ0n) is 9.50. The molecule has 0 N–H and O–H groups in total. The number of esters is 1. The topological polar surface area (TPSA) is 55.7 Å². The van der Waals surface area contributed by atoms with Gasteiger partial charge in [0.1, 0.15) is 0 Å². The summed E-state index contributed by atoms with van der Waals surface area (Å²) in [5, 5.41) is 0. The zero-order valence-corrected chi connectivity index (χ0v) is 9.50. The van der Waals surface area contributed by atoms with Crippen molar-refractivity contribution in [3.63, 3.8) is 0 Å². The van der Waals surface area contributed by atoms with Crippen LogP contribution >= 0.6 is 0 Å². The normalized spacial score (nSPS) is 15.7. The van der Waals surface area contributed by atoms with Crippen LogP contribution in [0.3, 0.4) is 0 Å². The van der Waals surface area contributed by atoms with Gasteiger partial charge in [0.15, 0.2) is 11.6 Å². The fraction of sp³-hybridized carbons (Fsp3) is 0.333. The third-order valence-electron chi connectivity index (χ3n) is 2.95. The molecule has 0 spiro atoms. The van der Waals surface area contributed by atoms with Gasteiger partial charge in [0.2, 0.25) is 6.08 Å². The van der Waals surface area contributed by atoms with E-state index in [0.717, 1.165) is 19.2 Å². The van der Waals surface area contributed by atoms with Gasteiger partial charge in [0.05, 0.1) is 18.2 Å². The number of rotatable bonds is 3. The number of nitrogens with zero attached hydrogens (tertiary/aromatic N) is 1. The summed E-state index contributed by atoms with van der Waals surface area (Å²) < 4.78 is 31.2. The molecule has 94 valence electrons. The first-order valence-corrected chi connectivity index (χ1v) is 5.21. The van der Waals surface area contributed by atoms with E-state index in [0.29, 0.717) is 12.8 Å². The van der Waals surface area contributed by atoms with E-state index in [2.05, 4.69) is 9.73 Å². The number of carbonyl (C=O) groups excluding carboxylic acids is 2. The highest BCUT2D eigenvalue weighted by atomic mass is 19.2. The van der Waals surface area contributed by atoms with Crippen LogP contribution in [-0.4, -0.2) is 19.2 Å². The maximum Gasteiger partial charge on any atom is 0.340 e. The Morgan fingerprint density at radius 3 is 2.61 bits per heavy atom. The van der Waals surface area contributed by atoms with Crippen LogP contribution in [0.25, 0.3) is 0 Å². The summed E-state index contributed by atoms with van der Waals surface area (Å²) in [5.74, 6) is -3.41. The summed E-state index contributed by atoms with van der Waals surface area (Å²) in [4.78, 5) is 25.2. The Labute approximate surface area is 101 Å². The minimum absolute atomic E-state index is 0.283. The van der Waals surface area contributed by atoms with Crippen LogP contribution in [0, 0.1) is 11.6 Å². The first-order valence-electron chi connectivity index (χ1n) is 5.21. The number of ether oxygens (including phenoxy) is 1. The highest BCUT2D eigenvalue weighted by Crippen LogP contribution is 2.49. The monoisotopic (exact) mass is 253 g/mol. The maximum absolute atomic E-state index is 13.4. The van der Waals surface area contributed by atoms with Gasteiger partial charge in [-0.1, -0.05) is 0 Å². The Morgan fingerprint density at radius 1 is 1.44 bits per heavy atom. The molecule has 0 radical (unpaired) electrons. The third-order valence-corrected chi connectivity index (χ3v) is 2.95. The average Bonchev–Trinajstić information content (AvgIpc) is 3.13. The Morgan fingerprint density at radius 2 is 2.11 bits per heavy atom. The van der Waals surface area contributed by atoms with Crippen molar-refractivity contribution in [2.24, 2.45) is 4.99 Å². The van der Waals surface area contributed by atoms with E-state index in [-0.39, 0.29) is 5.56 Å². The molecule has 4 nitrogen and oxygen atoms in total. The van der Waals surface area contributed by atoms with E-state index in [1.807, 2.05) is 0 Å². The molecule has 0 bridgehead atoms. The zero-order chi connectivity index (χ0) is 13.3. The second-order valence-electron chi connectivity index (χ2n) is 4.05. The van der Waals surface area contributed by atoms with E-state index in [4.69, 9.17) is 0 Å². The van der Waals surface area contributed by atoms with Crippen molar-refractivity contribution in [2.45, 2.75) is 18.4 Å². The Kier molecular flexibility index (Phi) is 2.97. The van der Waals surface area contributed by atoms with Crippen molar-refractivity contribution in [1.82, 2.24) is 0 Å². The predicted molar refractivity (Wildman–Crippen MR) is 56.7 cm³/mol. The van der Waals surface area contributed by atoms with Crippen LogP contribution in [0.15, 0.2) is 17.1 Å². The number of isocyanates is 1. The standard InChI is InChI=1S/C12H9F2NO3/c1-18-11(17)8-4-7(5-9(13)10(8)14)12(2-3-12)15-6-16/h4-5H,2-3H2,1H3. The summed E-state index contributed by atoms with van der Waals surface area (Å²) in [6.07, 6.45) is 2.48. The lowest BCUT2D eigenvalue weighted by Gasteiger charge is -2.11. The molecule has 0 aromatic heterocycles. The lowest BCUT2D eigenvalue weighted by Crippen LogP contribution is -2.11. The van der Waals surface area contributed by atoms with Crippen molar-refractivity contribution >= 4 is 12.0 Å². The largest absolute Gasteiger partial charge is 0.465 e. The first-order chi connectivity index (χ1) is 8.54. The summed E-state index contributed by atoms with van der Waals surface area (Å²) in [6, 6.07) is 2.10. The number of carbonyl (C=O) groups is 1. The van der Waals surface area contributed by atoms with E-state index in [9.17, 15) is 18.4 Å². The van der Waals surface area contributed by atoms with E-state index in [1.165, 1.54) is 6.08 Å². The number of halogens is 2. The summed E-state index contributed by atoms with van der Waals surface area (Å²) >= 11 is 0. The van der Waals surface area contributed by atoms with Gasteiger partial charge in [-0.2, -0.15) is 4.99 Å². The van der Waals surface area contributed by atoms with E-state index in [1.54, 1.807) is 0 Å². The minimum Gasteiger partial charge on any atom is -0.465 e. The van der Waals surface area contributed by atoms with E-state index >= 15 is 0 Å². The molecule has 1 aromatic rings. The van der Waals surface area contributed by atoms with Crippen LogP contribution in [0.5, 0.6) is 0 Å². The maximum atomic E-state index is 13.4. The molecule has 1 aliphatic rings. The highest BCUT2D eigenvalue weighted by molar-refractivity contribution is 5.90. The third kappa shape index (κ3) is 1.91. The van der Waals surface area contributed by atoms with Gasteiger partial charge >= 0.3 is 5.97 Å². The Hall–Kier alpha value is -2.07. The van der Waals surface area contributed by atoms with Crippen LogP contribution in [0.1, 0.15) is 28.8 Å². The molecule has 1 aliphatic carbocycles. The molecule has 0 saturated heterocycles. The van der Waals surface area contributed by atoms with Crippen molar-refractivity contribution < 1.29 is 23.1 Å². The smallest absolute Gasteiger partial charge is 0.340 e. The second-order valence-corrected chi connectivity index (χ2v) is 4.05. The van der Waals surface area contributed by atoms with Crippen molar-refractivity contribution in [1.29, 1.82) is 0 Å². The lowest BCUT2D eigenvalue weighted by molar-refractivity contribution is 0.0594. The molecule has 1 aromatic carbocycles. The first kappa shape index (κ1) is 12.4. The fourth-order valence-corrected chi connectivity index (χ4v) is 1.79. The fourth-order valence-electron chi connectivity index (χ4n) is 1.79. The molecule has 1 fully saturated rings. The van der Waals surface area contributed by atoms with Crippen LogP contribution in [0.2, 0.25) is 0 Å². The molecular formula is C12H9F2NO3. The molecule has 6 heteroatoms. The van der Waals surface area contributed by atoms with Crippen LogP contribution < -0.4 is 0 Å². The Bertz CT molecular complexity index is 561. The SMILES string of the molecule is COC(=O)c1cc(C2(N=C=O)CC2)cc(F)c1F. The van der Waals surface area contributed by atoms with Crippen molar-refractivity contribution in [3.8, 4) is 0 Å². The predicted octanol–water partition coefficient (Wildman–Crippen LogP) is 2.08. The molecule has 0 amide bonds. The summed E-state index contributed by atoms with van der Waals surface area (Å²) in [6.45, 7) is 0. The summed E-state index contributed by atoms with van der Waals surface area (Å²) in [7, 11) is 1.07. The minimum atomic E-state index is -1.27. The molecule has 0 atom stereocenters. The molecule has 0 aliphatic heterocycles. The number of methoxy groups -OCH3 is 1. The van der Waals surface area contributed by atoms with Gasteiger partial charge in [0.25, 0.3) is 0 Å². The molecule has 2 rings (SSSR count). The highest BCUT2D eigenvalue weighted by Gasteiger charge is 2.45. The molecular weight excluding hydrogens is 244 g/mol. The van der Waals surface area contributed by atoms with Gasteiger partial charge in [-0.3, -0.25) is 0 Å². The molecule has 1 saturated carbocycles. The average molecular weight is 253 g/mol. The number of hydrogen-bond acceptors (Lipinski definition) is 4. The summed E-state index contributed by atoms with van der Waals surface area (Å²) in [5.41, 5.74) is -1.08. The van der Waals surface area contributed by atoms with E-state index < -0.39 is 28.7 Å². The van der Waals surface area contributed by atoms with Crippen molar-refractivity contribution in [3.05, 3.63) is 34.9 Å². The molecule has 0 unspecified atom stereocenters. The quantitative estimate of drug-likeness (QED) is 0.470.